The van der Waals surface area contributed by atoms with E-state index in [1.807, 2.05) is 32.9 Å². The van der Waals surface area contributed by atoms with Gasteiger partial charge < -0.3 is 5.32 Å². The molecule has 2 aromatic rings. The first kappa shape index (κ1) is 19.9. The standard InChI is InChI=1S/C21H23N3O3S/c1-14-11-16-12-15(5-10-19(16)24(14)28(4,26)27)20(25)23-18-8-6-17(7-9-18)21(2,3)13-22/h5-10,12,14H,11H2,1-4H3,(H,23,25). The first-order valence-electron chi connectivity index (χ1n) is 8.98. The molecule has 3 rings (SSSR count). The van der Waals surface area contributed by atoms with Gasteiger partial charge in [-0.1, -0.05) is 12.1 Å². The van der Waals surface area contributed by atoms with Crippen LogP contribution in [0.1, 0.15) is 42.3 Å². The van der Waals surface area contributed by atoms with E-state index >= 15 is 0 Å². The summed E-state index contributed by atoms with van der Waals surface area (Å²) in [6.07, 6.45) is 1.76. The average Bonchev–Trinajstić information content (AvgIpc) is 2.97. The Bertz CT molecular complexity index is 1070. The van der Waals surface area contributed by atoms with Crippen LogP contribution in [-0.2, 0) is 21.9 Å². The summed E-state index contributed by atoms with van der Waals surface area (Å²) in [5.74, 6) is -0.263. The smallest absolute Gasteiger partial charge is 0.255 e. The molecule has 1 unspecified atom stereocenters. The maximum atomic E-state index is 12.6. The number of hydrogen-bond acceptors (Lipinski definition) is 4. The number of anilines is 2. The highest BCUT2D eigenvalue weighted by molar-refractivity contribution is 7.92. The minimum atomic E-state index is -3.36. The second kappa shape index (κ2) is 6.95. The van der Waals surface area contributed by atoms with Gasteiger partial charge in [-0.3, -0.25) is 9.10 Å². The van der Waals surface area contributed by atoms with Crippen LogP contribution in [-0.4, -0.2) is 26.6 Å². The van der Waals surface area contributed by atoms with Crippen molar-refractivity contribution in [1.82, 2.24) is 0 Å². The Kier molecular flexibility index (Phi) is 4.94. The van der Waals surface area contributed by atoms with E-state index in [0.717, 1.165) is 11.1 Å². The van der Waals surface area contributed by atoms with Crippen molar-refractivity contribution in [3.63, 3.8) is 0 Å². The van der Waals surface area contributed by atoms with Crippen molar-refractivity contribution < 1.29 is 13.2 Å². The lowest BCUT2D eigenvalue weighted by atomic mass is 9.86. The monoisotopic (exact) mass is 397 g/mol. The third-order valence-corrected chi connectivity index (χ3v) is 6.27. The highest BCUT2D eigenvalue weighted by atomic mass is 32.2. The van der Waals surface area contributed by atoms with E-state index < -0.39 is 15.4 Å². The zero-order chi connectivity index (χ0) is 20.7. The van der Waals surface area contributed by atoms with E-state index in [1.165, 1.54) is 10.6 Å². The van der Waals surface area contributed by atoms with Gasteiger partial charge >= 0.3 is 0 Å². The second-order valence-electron chi connectivity index (χ2n) is 7.72. The van der Waals surface area contributed by atoms with Crippen LogP contribution in [0.15, 0.2) is 42.5 Å². The van der Waals surface area contributed by atoms with E-state index in [-0.39, 0.29) is 11.9 Å². The lowest BCUT2D eigenvalue weighted by Crippen LogP contribution is -2.34. The van der Waals surface area contributed by atoms with Crippen LogP contribution in [0.3, 0.4) is 0 Å². The third-order valence-electron chi connectivity index (χ3n) is 5.00. The predicted molar refractivity (Wildman–Crippen MR) is 110 cm³/mol. The molecule has 0 aromatic heterocycles. The maximum Gasteiger partial charge on any atom is 0.255 e. The van der Waals surface area contributed by atoms with Gasteiger partial charge in [-0.15, -0.1) is 0 Å². The van der Waals surface area contributed by atoms with Crippen LogP contribution in [0.25, 0.3) is 0 Å². The van der Waals surface area contributed by atoms with Crippen molar-refractivity contribution in [3.8, 4) is 6.07 Å². The molecule has 146 valence electrons. The Hall–Kier alpha value is -2.85. The van der Waals surface area contributed by atoms with Crippen molar-refractivity contribution >= 4 is 27.3 Å². The van der Waals surface area contributed by atoms with E-state index in [9.17, 15) is 18.5 Å². The van der Waals surface area contributed by atoms with E-state index in [2.05, 4.69) is 11.4 Å². The summed E-state index contributed by atoms with van der Waals surface area (Å²) in [6, 6.07) is 14.4. The van der Waals surface area contributed by atoms with E-state index in [1.54, 1.807) is 30.3 Å². The molecule has 1 atom stereocenters. The molecular formula is C21H23N3O3S. The molecule has 0 bridgehead atoms. The quantitative estimate of drug-likeness (QED) is 0.855. The van der Waals surface area contributed by atoms with Gasteiger partial charge in [0.15, 0.2) is 0 Å². The first-order chi connectivity index (χ1) is 13.0. The van der Waals surface area contributed by atoms with Gasteiger partial charge in [0, 0.05) is 17.3 Å². The second-order valence-corrected chi connectivity index (χ2v) is 9.58. The first-order valence-corrected chi connectivity index (χ1v) is 10.8. The third kappa shape index (κ3) is 3.73. The molecule has 0 radical (unpaired) electrons. The molecule has 0 saturated carbocycles. The number of sulfonamides is 1. The molecule has 7 heteroatoms. The molecule has 2 aromatic carbocycles. The van der Waals surface area contributed by atoms with Gasteiger partial charge in [0.1, 0.15) is 0 Å². The lowest BCUT2D eigenvalue weighted by molar-refractivity contribution is 0.102. The Labute approximate surface area is 165 Å². The molecule has 0 saturated heterocycles. The maximum absolute atomic E-state index is 12.6. The van der Waals surface area contributed by atoms with Crippen molar-refractivity contribution in [1.29, 1.82) is 5.26 Å². The number of carbonyl (C=O) groups excluding carboxylic acids is 1. The fraction of sp³-hybridized carbons (Fsp3) is 0.333. The summed E-state index contributed by atoms with van der Waals surface area (Å²) in [7, 11) is -3.36. The summed E-state index contributed by atoms with van der Waals surface area (Å²) in [6.45, 7) is 5.53. The molecule has 1 aliphatic rings. The fourth-order valence-electron chi connectivity index (χ4n) is 3.49. The SMILES string of the molecule is CC1Cc2cc(C(=O)Nc3ccc(C(C)(C)C#N)cc3)ccc2N1S(C)(=O)=O. The number of rotatable bonds is 4. The number of benzene rings is 2. The molecule has 1 heterocycles. The highest BCUT2D eigenvalue weighted by Gasteiger charge is 2.32. The van der Waals surface area contributed by atoms with Crippen LogP contribution < -0.4 is 9.62 Å². The Morgan fingerprint density at radius 3 is 2.43 bits per heavy atom. The molecule has 28 heavy (non-hydrogen) atoms. The molecular weight excluding hydrogens is 374 g/mol. The Balaban J connectivity index is 1.80. The number of amides is 1. The van der Waals surface area contributed by atoms with Crippen LogP contribution >= 0.6 is 0 Å². The number of nitrogens with one attached hydrogen (secondary N) is 1. The summed E-state index contributed by atoms with van der Waals surface area (Å²) >= 11 is 0. The van der Waals surface area contributed by atoms with Crippen LogP contribution in [0.5, 0.6) is 0 Å². The molecule has 1 N–H and O–H groups in total. The van der Waals surface area contributed by atoms with E-state index in [0.29, 0.717) is 23.4 Å². The Morgan fingerprint density at radius 1 is 1.21 bits per heavy atom. The molecule has 0 spiro atoms. The Morgan fingerprint density at radius 2 is 1.86 bits per heavy atom. The van der Waals surface area contributed by atoms with E-state index in [4.69, 9.17) is 0 Å². The summed E-state index contributed by atoms with van der Waals surface area (Å²) in [4.78, 5) is 12.6. The van der Waals surface area contributed by atoms with Gasteiger partial charge in [-0.2, -0.15) is 5.26 Å². The zero-order valence-electron chi connectivity index (χ0n) is 16.4. The molecule has 1 aliphatic heterocycles. The number of fused-ring (bicyclic) bond motifs is 1. The summed E-state index contributed by atoms with van der Waals surface area (Å²) in [5.41, 5.74) is 2.87. The minimum absolute atomic E-state index is 0.167. The molecule has 0 aliphatic carbocycles. The van der Waals surface area contributed by atoms with Gasteiger partial charge in [-0.25, -0.2) is 8.42 Å². The molecule has 1 amide bonds. The van der Waals surface area contributed by atoms with Gasteiger partial charge in [-0.05, 0) is 68.7 Å². The number of nitriles is 1. The molecule has 6 nitrogen and oxygen atoms in total. The van der Waals surface area contributed by atoms with Crippen molar-refractivity contribution in [2.45, 2.75) is 38.6 Å². The number of carbonyl (C=O) groups is 1. The minimum Gasteiger partial charge on any atom is -0.322 e. The van der Waals surface area contributed by atoms with Crippen molar-refractivity contribution in [2.24, 2.45) is 0 Å². The normalized spacial score (nSPS) is 16.4. The van der Waals surface area contributed by atoms with Gasteiger partial charge in [0.2, 0.25) is 10.0 Å². The lowest BCUT2D eigenvalue weighted by Gasteiger charge is -2.21. The van der Waals surface area contributed by atoms with Crippen LogP contribution in [0.2, 0.25) is 0 Å². The fourth-order valence-corrected chi connectivity index (χ4v) is 4.75. The summed E-state index contributed by atoms with van der Waals surface area (Å²) in [5, 5.41) is 12.1. The highest BCUT2D eigenvalue weighted by Crippen LogP contribution is 2.34. The zero-order valence-corrected chi connectivity index (χ0v) is 17.2. The largest absolute Gasteiger partial charge is 0.322 e. The van der Waals surface area contributed by atoms with Gasteiger partial charge in [0.05, 0.1) is 23.4 Å². The van der Waals surface area contributed by atoms with Crippen molar-refractivity contribution in [3.05, 3.63) is 59.2 Å². The van der Waals surface area contributed by atoms with Crippen LogP contribution in [0.4, 0.5) is 11.4 Å². The van der Waals surface area contributed by atoms with Gasteiger partial charge in [0.25, 0.3) is 5.91 Å². The van der Waals surface area contributed by atoms with Crippen LogP contribution in [0, 0.1) is 11.3 Å². The van der Waals surface area contributed by atoms with Crippen molar-refractivity contribution in [2.75, 3.05) is 15.9 Å². The average molecular weight is 398 g/mol. The summed E-state index contributed by atoms with van der Waals surface area (Å²) < 4.78 is 25.4. The number of nitrogens with zero attached hydrogens (tertiary/aromatic N) is 2. The number of hydrogen-bond donors (Lipinski definition) is 1. The predicted octanol–water partition coefficient (Wildman–Crippen LogP) is 3.45. The topological polar surface area (TPSA) is 90.3 Å². The molecule has 0 fully saturated rings.